The molecule has 3 aromatic rings. The molecule has 158 valence electrons. The lowest BCUT2D eigenvalue weighted by molar-refractivity contribution is -0.133. The maximum absolute atomic E-state index is 13.8. The van der Waals surface area contributed by atoms with Gasteiger partial charge in [-0.05, 0) is 47.9 Å². The molecule has 31 heavy (non-hydrogen) atoms. The highest BCUT2D eigenvalue weighted by atomic mass is 35.5. The van der Waals surface area contributed by atoms with Gasteiger partial charge in [0.25, 0.3) is 0 Å². The first kappa shape index (κ1) is 21.5. The summed E-state index contributed by atoms with van der Waals surface area (Å²) in [5, 5.41) is 1.24. The Balaban J connectivity index is 1.94. The third-order valence-corrected chi connectivity index (χ3v) is 6.39. The lowest BCUT2D eigenvalue weighted by Crippen LogP contribution is -2.52. The predicted octanol–water partition coefficient (Wildman–Crippen LogP) is 5.64. The molecule has 0 radical (unpaired) electrons. The SMILES string of the molecule is C[C@]1(CC=O)C[C@H](c2cccc(Cl)c2)[C@@H](c2ccc(Cl)cc2)N(c2ccncn2)C1=O. The summed E-state index contributed by atoms with van der Waals surface area (Å²) in [4.78, 5) is 35.4. The Labute approximate surface area is 191 Å². The maximum atomic E-state index is 13.8. The maximum Gasteiger partial charge on any atom is 0.235 e. The number of amides is 1. The molecule has 5 nitrogen and oxygen atoms in total. The molecule has 1 aromatic heterocycles. The standard InChI is InChI=1S/C24H21Cl2N3O2/c1-24(10-12-30)14-20(17-3-2-4-19(26)13-17)22(16-5-7-18(25)8-6-16)29(23(24)31)21-9-11-27-15-28-21/h2-9,11-13,15,20,22H,10,14H2,1H3/t20-,22-,24+/m1/s1. The van der Waals surface area contributed by atoms with Crippen molar-refractivity contribution in [3.63, 3.8) is 0 Å². The van der Waals surface area contributed by atoms with Crippen LogP contribution in [0.15, 0.2) is 67.1 Å². The van der Waals surface area contributed by atoms with E-state index in [1.165, 1.54) is 6.33 Å². The number of carbonyl (C=O) groups is 2. The van der Waals surface area contributed by atoms with Crippen LogP contribution in [-0.4, -0.2) is 22.2 Å². The van der Waals surface area contributed by atoms with E-state index in [1.807, 2.05) is 55.5 Å². The zero-order chi connectivity index (χ0) is 22.0. The van der Waals surface area contributed by atoms with E-state index in [0.717, 1.165) is 17.4 Å². The molecule has 0 N–H and O–H groups in total. The molecule has 1 fully saturated rings. The number of aldehydes is 1. The van der Waals surface area contributed by atoms with Crippen LogP contribution in [0.2, 0.25) is 10.0 Å². The Morgan fingerprint density at radius 3 is 2.52 bits per heavy atom. The highest BCUT2D eigenvalue weighted by molar-refractivity contribution is 6.30. The van der Waals surface area contributed by atoms with Gasteiger partial charge in [0, 0.05) is 28.6 Å². The van der Waals surface area contributed by atoms with Crippen LogP contribution in [0.25, 0.3) is 0 Å². The van der Waals surface area contributed by atoms with Crippen LogP contribution < -0.4 is 4.90 Å². The fourth-order valence-electron chi connectivity index (χ4n) is 4.39. The lowest BCUT2D eigenvalue weighted by atomic mass is 9.67. The smallest absolute Gasteiger partial charge is 0.235 e. The van der Waals surface area contributed by atoms with Gasteiger partial charge in [-0.1, -0.05) is 54.4 Å². The minimum absolute atomic E-state index is 0.113. The number of anilines is 1. The molecule has 1 saturated heterocycles. The van der Waals surface area contributed by atoms with Crippen molar-refractivity contribution in [2.45, 2.75) is 31.7 Å². The van der Waals surface area contributed by atoms with Crippen molar-refractivity contribution in [1.82, 2.24) is 9.97 Å². The van der Waals surface area contributed by atoms with Crippen LogP contribution in [0, 0.1) is 5.41 Å². The summed E-state index contributed by atoms with van der Waals surface area (Å²) >= 11 is 12.5. The first-order valence-corrected chi connectivity index (χ1v) is 10.7. The first-order chi connectivity index (χ1) is 14.9. The molecule has 2 aromatic carbocycles. The topological polar surface area (TPSA) is 63.2 Å². The van der Waals surface area contributed by atoms with Gasteiger partial charge < -0.3 is 4.79 Å². The van der Waals surface area contributed by atoms with E-state index in [2.05, 4.69) is 9.97 Å². The fourth-order valence-corrected chi connectivity index (χ4v) is 4.71. The van der Waals surface area contributed by atoms with Gasteiger partial charge in [0.05, 0.1) is 11.5 Å². The van der Waals surface area contributed by atoms with Gasteiger partial charge in [-0.25, -0.2) is 9.97 Å². The molecule has 0 unspecified atom stereocenters. The van der Waals surface area contributed by atoms with Gasteiger partial charge >= 0.3 is 0 Å². The van der Waals surface area contributed by atoms with Gasteiger partial charge in [-0.2, -0.15) is 0 Å². The van der Waals surface area contributed by atoms with Crippen LogP contribution in [0.3, 0.4) is 0 Å². The van der Waals surface area contributed by atoms with Crippen molar-refractivity contribution in [3.8, 4) is 0 Å². The number of hydrogen-bond acceptors (Lipinski definition) is 4. The van der Waals surface area contributed by atoms with Crippen molar-refractivity contribution in [2.24, 2.45) is 5.41 Å². The Morgan fingerprint density at radius 2 is 1.87 bits per heavy atom. The van der Waals surface area contributed by atoms with E-state index in [-0.39, 0.29) is 24.3 Å². The summed E-state index contributed by atoms with van der Waals surface area (Å²) in [5.41, 5.74) is 1.05. The predicted molar refractivity (Wildman–Crippen MR) is 121 cm³/mol. The summed E-state index contributed by atoms with van der Waals surface area (Å²) in [7, 11) is 0. The zero-order valence-corrected chi connectivity index (χ0v) is 18.4. The molecule has 0 aliphatic carbocycles. The minimum Gasteiger partial charge on any atom is -0.303 e. The molecule has 0 spiro atoms. The van der Waals surface area contributed by atoms with Crippen molar-refractivity contribution in [2.75, 3.05) is 4.90 Å². The fraction of sp³-hybridized carbons (Fsp3) is 0.250. The van der Waals surface area contributed by atoms with Gasteiger partial charge in [-0.3, -0.25) is 9.69 Å². The Hall–Kier alpha value is -2.76. The summed E-state index contributed by atoms with van der Waals surface area (Å²) in [6.45, 7) is 1.84. The second-order valence-electron chi connectivity index (χ2n) is 8.04. The molecule has 2 heterocycles. The average Bonchev–Trinajstić information content (AvgIpc) is 2.77. The van der Waals surface area contributed by atoms with Gasteiger partial charge in [-0.15, -0.1) is 0 Å². The molecule has 7 heteroatoms. The van der Waals surface area contributed by atoms with E-state index >= 15 is 0 Å². The molecule has 1 amide bonds. The largest absolute Gasteiger partial charge is 0.303 e. The lowest BCUT2D eigenvalue weighted by Gasteiger charge is -2.48. The Bertz CT molecular complexity index is 1090. The number of piperidine rings is 1. The highest BCUT2D eigenvalue weighted by Crippen LogP contribution is 2.51. The monoisotopic (exact) mass is 453 g/mol. The molecule has 4 rings (SSSR count). The first-order valence-electron chi connectivity index (χ1n) is 9.97. The highest BCUT2D eigenvalue weighted by Gasteiger charge is 2.50. The zero-order valence-electron chi connectivity index (χ0n) is 16.9. The van der Waals surface area contributed by atoms with Crippen molar-refractivity contribution in [3.05, 3.63) is 88.3 Å². The summed E-state index contributed by atoms with van der Waals surface area (Å²) < 4.78 is 0. The molecule has 1 aliphatic heterocycles. The second-order valence-corrected chi connectivity index (χ2v) is 8.91. The van der Waals surface area contributed by atoms with E-state index in [0.29, 0.717) is 22.3 Å². The van der Waals surface area contributed by atoms with Gasteiger partial charge in [0.2, 0.25) is 5.91 Å². The summed E-state index contributed by atoms with van der Waals surface area (Å²) in [6, 6.07) is 16.5. The number of nitrogens with zero attached hydrogens (tertiary/aromatic N) is 3. The van der Waals surface area contributed by atoms with Crippen LogP contribution in [0.4, 0.5) is 5.82 Å². The summed E-state index contributed by atoms with van der Waals surface area (Å²) in [6.07, 6.45) is 4.46. The average molecular weight is 454 g/mol. The van der Waals surface area contributed by atoms with E-state index in [4.69, 9.17) is 23.2 Å². The Kier molecular flexibility index (Phi) is 6.08. The van der Waals surface area contributed by atoms with Crippen LogP contribution >= 0.6 is 23.2 Å². The molecule has 1 aliphatic rings. The molecule has 3 atom stereocenters. The quantitative estimate of drug-likeness (QED) is 0.468. The number of benzene rings is 2. The minimum atomic E-state index is -0.872. The van der Waals surface area contributed by atoms with E-state index in [9.17, 15) is 9.59 Å². The van der Waals surface area contributed by atoms with E-state index in [1.54, 1.807) is 17.2 Å². The number of hydrogen-bond donors (Lipinski definition) is 0. The molecular formula is C24H21Cl2N3O2. The van der Waals surface area contributed by atoms with Crippen molar-refractivity contribution in [1.29, 1.82) is 0 Å². The normalized spacial score (nSPS) is 23.6. The van der Waals surface area contributed by atoms with Crippen LogP contribution in [-0.2, 0) is 9.59 Å². The number of halogens is 2. The molecule has 0 saturated carbocycles. The molecular weight excluding hydrogens is 433 g/mol. The van der Waals surface area contributed by atoms with Gasteiger partial charge in [0.1, 0.15) is 18.4 Å². The van der Waals surface area contributed by atoms with Crippen molar-refractivity contribution < 1.29 is 9.59 Å². The molecule has 0 bridgehead atoms. The Morgan fingerprint density at radius 1 is 1.10 bits per heavy atom. The third kappa shape index (κ3) is 4.21. The summed E-state index contributed by atoms with van der Waals surface area (Å²) in [5.74, 6) is 0.234. The third-order valence-electron chi connectivity index (χ3n) is 5.90. The second kappa shape index (κ2) is 8.77. The van der Waals surface area contributed by atoms with Crippen LogP contribution in [0.5, 0.6) is 0 Å². The van der Waals surface area contributed by atoms with Crippen molar-refractivity contribution >= 4 is 41.2 Å². The van der Waals surface area contributed by atoms with E-state index < -0.39 is 5.41 Å². The number of carbonyl (C=O) groups excluding carboxylic acids is 2. The number of rotatable bonds is 5. The number of aromatic nitrogens is 2. The van der Waals surface area contributed by atoms with Crippen LogP contribution in [0.1, 0.15) is 42.9 Å². The van der Waals surface area contributed by atoms with Gasteiger partial charge in [0.15, 0.2) is 0 Å².